The fourth-order valence-electron chi connectivity index (χ4n) is 3.15. The summed E-state index contributed by atoms with van der Waals surface area (Å²) in [6.45, 7) is 14.2. The predicted octanol–water partition coefficient (Wildman–Crippen LogP) is 1.60. The monoisotopic (exact) mass is 356 g/mol. The number of fused-ring (bicyclic) bond motifs is 1. The van der Waals surface area contributed by atoms with Gasteiger partial charge in [-0.15, -0.1) is 0 Å². The Hall–Kier alpha value is -2.90. The second kappa shape index (κ2) is 6.12. The van der Waals surface area contributed by atoms with Crippen LogP contribution >= 0.6 is 0 Å². The van der Waals surface area contributed by atoms with Gasteiger partial charge in [0, 0.05) is 19.3 Å². The molecule has 0 aliphatic rings. The van der Waals surface area contributed by atoms with Gasteiger partial charge in [0.1, 0.15) is 0 Å². The van der Waals surface area contributed by atoms with E-state index in [1.165, 1.54) is 9.13 Å². The number of aromatic nitrogens is 6. The molecule has 0 amide bonds. The lowest BCUT2D eigenvalue weighted by atomic mass is 10.2. The fraction of sp³-hybridized carbons (Fsp3) is 0.444. The molecule has 3 heterocycles. The van der Waals surface area contributed by atoms with Crippen molar-refractivity contribution < 1.29 is 0 Å². The van der Waals surface area contributed by atoms with Crippen LogP contribution in [0.1, 0.15) is 30.8 Å². The molecule has 0 fully saturated rings. The minimum atomic E-state index is -0.401. The third-order valence-electron chi connectivity index (χ3n) is 4.80. The number of hydrogen-bond donors (Lipinski definition) is 0. The highest BCUT2D eigenvalue weighted by atomic mass is 16.2. The topological polar surface area (TPSA) is 79.6 Å². The molecule has 0 saturated heterocycles. The zero-order valence-electron chi connectivity index (χ0n) is 16.1. The summed E-state index contributed by atoms with van der Waals surface area (Å²) in [4.78, 5) is 30.3. The van der Waals surface area contributed by atoms with Gasteiger partial charge in [-0.2, -0.15) is 10.1 Å². The van der Waals surface area contributed by atoms with Crippen molar-refractivity contribution in [2.24, 2.45) is 7.05 Å². The van der Waals surface area contributed by atoms with Gasteiger partial charge in [0.25, 0.3) is 5.56 Å². The van der Waals surface area contributed by atoms with Crippen molar-refractivity contribution in [2.75, 3.05) is 0 Å². The smallest absolute Gasteiger partial charge is 0.303 e. The summed E-state index contributed by atoms with van der Waals surface area (Å²) in [6, 6.07) is 0. The molecule has 0 saturated carbocycles. The summed E-state index contributed by atoms with van der Waals surface area (Å²) in [5, 5.41) is 4.56. The summed E-state index contributed by atoms with van der Waals surface area (Å²) < 4.78 is 6.16. The zero-order valence-corrected chi connectivity index (χ0v) is 16.1. The molecule has 0 radical (unpaired) electrons. The van der Waals surface area contributed by atoms with E-state index in [2.05, 4.69) is 16.7 Å². The molecule has 138 valence electrons. The highest BCUT2D eigenvalue weighted by Crippen LogP contribution is 2.19. The van der Waals surface area contributed by atoms with Crippen LogP contribution in [0.5, 0.6) is 0 Å². The second-order valence-electron chi connectivity index (χ2n) is 6.73. The van der Waals surface area contributed by atoms with E-state index in [4.69, 9.17) is 0 Å². The van der Waals surface area contributed by atoms with Crippen molar-refractivity contribution in [1.82, 2.24) is 28.5 Å². The van der Waals surface area contributed by atoms with E-state index in [9.17, 15) is 9.59 Å². The predicted molar refractivity (Wildman–Crippen MR) is 101 cm³/mol. The average Bonchev–Trinajstić information content (AvgIpc) is 3.09. The highest BCUT2D eigenvalue weighted by Gasteiger charge is 2.22. The Morgan fingerprint density at radius 3 is 2.31 bits per heavy atom. The van der Waals surface area contributed by atoms with Gasteiger partial charge in [-0.3, -0.25) is 13.9 Å². The molecule has 0 N–H and O–H groups in total. The molecule has 0 aliphatic heterocycles. The first-order chi connectivity index (χ1) is 12.2. The number of hydrogen-bond acceptors (Lipinski definition) is 4. The number of aryl methyl sites for hydroxylation is 3. The second-order valence-corrected chi connectivity index (χ2v) is 6.73. The van der Waals surface area contributed by atoms with Gasteiger partial charge < -0.3 is 4.57 Å². The van der Waals surface area contributed by atoms with Crippen molar-refractivity contribution in [1.29, 1.82) is 0 Å². The van der Waals surface area contributed by atoms with Crippen LogP contribution in [-0.2, 0) is 20.1 Å². The van der Waals surface area contributed by atoms with Crippen molar-refractivity contribution in [3.63, 3.8) is 0 Å². The third kappa shape index (κ3) is 2.44. The minimum absolute atomic E-state index is 0.185. The Morgan fingerprint density at radius 2 is 1.81 bits per heavy atom. The number of allylic oxidation sites excluding steroid dienone is 1. The first-order valence-electron chi connectivity index (χ1n) is 8.56. The van der Waals surface area contributed by atoms with Gasteiger partial charge in [0.2, 0.25) is 5.95 Å². The van der Waals surface area contributed by atoms with E-state index >= 15 is 0 Å². The zero-order chi connectivity index (χ0) is 19.3. The maximum Gasteiger partial charge on any atom is 0.332 e. The van der Waals surface area contributed by atoms with E-state index in [1.807, 2.05) is 32.3 Å². The first-order valence-corrected chi connectivity index (χ1v) is 8.56. The summed E-state index contributed by atoms with van der Waals surface area (Å²) in [7, 11) is 1.63. The van der Waals surface area contributed by atoms with Crippen molar-refractivity contribution >= 4 is 11.2 Å². The molecule has 8 nitrogen and oxygen atoms in total. The Balaban J connectivity index is 2.45. The SMILES string of the molecule is C=C(C)Cn1c(=O)c2c(nc(-n3nc(C)c(C)c3C)n2CC)n(C)c1=O. The average molecular weight is 356 g/mol. The van der Waals surface area contributed by atoms with Crippen LogP contribution in [0.3, 0.4) is 0 Å². The third-order valence-corrected chi connectivity index (χ3v) is 4.80. The van der Waals surface area contributed by atoms with Crippen LogP contribution in [0.2, 0.25) is 0 Å². The van der Waals surface area contributed by atoms with Crippen molar-refractivity contribution in [2.45, 2.75) is 47.7 Å². The van der Waals surface area contributed by atoms with Gasteiger partial charge in [-0.1, -0.05) is 12.2 Å². The van der Waals surface area contributed by atoms with Crippen LogP contribution in [0.4, 0.5) is 0 Å². The number of nitrogens with zero attached hydrogens (tertiary/aromatic N) is 6. The van der Waals surface area contributed by atoms with E-state index in [-0.39, 0.29) is 12.1 Å². The normalized spacial score (nSPS) is 11.5. The summed E-state index contributed by atoms with van der Waals surface area (Å²) in [6.07, 6.45) is 0. The molecule has 0 spiro atoms. The molecule has 26 heavy (non-hydrogen) atoms. The standard InChI is InChI=1S/C18H24N6O2/c1-8-22-14-15(19-17(22)24-13(6)11(4)12(5)20-24)21(7)18(26)23(16(14)25)9-10(2)3/h2,8-9H2,1,3-7H3. The van der Waals surface area contributed by atoms with E-state index in [0.29, 0.717) is 23.7 Å². The Morgan fingerprint density at radius 1 is 1.15 bits per heavy atom. The molecule has 3 aromatic heterocycles. The van der Waals surface area contributed by atoms with Gasteiger partial charge in [0.05, 0.1) is 12.2 Å². The quantitative estimate of drug-likeness (QED) is 0.665. The molecule has 0 unspecified atom stereocenters. The maximum absolute atomic E-state index is 13.0. The fourth-order valence-corrected chi connectivity index (χ4v) is 3.15. The lowest BCUT2D eigenvalue weighted by Crippen LogP contribution is -2.39. The first kappa shape index (κ1) is 17.9. The lowest BCUT2D eigenvalue weighted by Gasteiger charge is -2.09. The maximum atomic E-state index is 13.0. The Kier molecular flexibility index (Phi) is 4.21. The van der Waals surface area contributed by atoms with Gasteiger partial charge in [-0.05, 0) is 40.2 Å². The molecule has 0 aliphatic carbocycles. The molecule has 0 atom stereocenters. The van der Waals surface area contributed by atoms with E-state index in [1.54, 1.807) is 18.7 Å². The van der Waals surface area contributed by atoms with Crippen molar-refractivity contribution in [3.8, 4) is 5.95 Å². The van der Waals surface area contributed by atoms with Gasteiger partial charge >= 0.3 is 5.69 Å². The molecule has 3 rings (SSSR count). The largest absolute Gasteiger partial charge is 0.332 e. The van der Waals surface area contributed by atoms with Crippen LogP contribution in [0, 0.1) is 20.8 Å². The molecule has 0 bridgehead atoms. The van der Waals surface area contributed by atoms with Crippen LogP contribution in [-0.4, -0.2) is 28.5 Å². The van der Waals surface area contributed by atoms with E-state index < -0.39 is 5.69 Å². The molecular weight excluding hydrogens is 332 g/mol. The van der Waals surface area contributed by atoms with Crippen LogP contribution in [0.15, 0.2) is 21.7 Å². The Labute approximate surface area is 151 Å². The number of rotatable bonds is 4. The van der Waals surface area contributed by atoms with Crippen molar-refractivity contribution in [3.05, 3.63) is 49.9 Å². The highest BCUT2D eigenvalue weighted by molar-refractivity contribution is 5.72. The Bertz CT molecular complexity index is 1160. The van der Waals surface area contributed by atoms with Gasteiger partial charge in [-0.25, -0.2) is 9.48 Å². The molecule has 0 aromatic carbocycles. The van der Waals surface area contributed by atoms with E-state index in [0.717, 1.165) is 22.5 Å². The molecule has 8 heteroatoms. The lowest BCUT2D eigenvalue weighted by molar-refractivity contribution is 0.644. The minimum Gasteiger partial charge on any atom is -0.303 e. The van der Waals surface area contributed by atoms with Gasteiger partial charge in [0.15, 0.2) is 11.2 Å². The molecule has 3 aromatic rings. The molecular formula is C18H24N6O2. The number of imidazole rings is 1. The van der Waals surface area contributed by atoms with Crippen LogP contribution < -0.4 is 11.2 Å². The summed E-state index contributed by atoms with van der Waals surface area (Å²) in [5.41, 5.74) is 3.68. The summed E-state index contributed by atoms with van der Waals surface area (Å²) in [5.74, 6) is 0.538. The summed E-state index contributed by atoms with van der Waals surface area (Å²) >= 11 is 0. The van der Waals surface area contributed by atoms with Crippen LogP contribution in [0.25, 0.3) is 17.1 Å².